The Morgan fingerprint density at radius 1 is 0.604 bits per heavy atom. The van der Waals surface area contributed by atoms with Crippen LogP contribution < -0.4 is 20.5 Å². The average Bonchev–Trinajstić information content (AvgIpc) is 1.70. The molecule has 1 aliphatic carbocycles. The number of ether oxygens (including phenoxy) is 2. The maximum Gasteiger partial charge on any atom is 0.407 e. The quantitative estimate of drug-likeness (QED) is 0.0323. The van der Waals surface area contributed by atoms with Crippen LogP contribution in [-0.2, 0) is 35.5 Å². The third-order valence-electron chi connectivity index (χ3n) is 17.7. The number of carbonyl (C=O) groups excluding carboxylic acids is 2. The molecule has 91 heavy (non-hydrogen) atoms. The molecule has 0 saturated carbocycles. The van der Waals surface area contributed by atoms with Crippen molar-refractivity contribution in [2.24, 2.45) is 10.7 Å². The number of amides is 2. The van der Waals surface area contributed by atoms with Crippen LogP contribution in [0.5, 0.6) is 5.75 Å². The van der Waals surface area contributed by atoms with Gasteiger partial charge in [-0.2, -0.15) is 0 Å². The molecule has 4 N–H and O–H groups in total. The van der Waals surface area contributed by atoms with Gasteiger partial charge in [-0.15, -0.1) is 23.5 Å². The first-order valence-corrected chi connectivity index (χ1v) is 34.5. The van der Waals surface area contributed by atoms with Gasteiger partial charge in [0.1, 0.15) is 24.0 Å². The second-order valence-corrected chi connectivity index (χ2v) is 28.6. The van der Waals surface area contributed by atoms with E-state index in [0.717, 1.165) is 77.9 Å². The summed E-state index contributed by atoms with van der Waals surface area (Å²) < 4.78 is 42.5. The molecule has 11 rings (SSSR count). The van der Waals surface area contributed by atoms with Gasteiger partial charge in [0.05, 0.1) is 14.4 Å². The molecule has 2 amide bonds. The minimum atomic E-state index is -4.26. The maximum atomic E-state index is 16.1. The molecule has 0 aromatic heterocycles. The highest BCUT2D eigenvalue weighted by Crippen LogP contribution is 2.51. The van der Waals surface area contributed by atoms with Gasteiger partial charge in [-0.25, -0.2) is 17.9 Å². The molecule has 9 aromatic rings. The topological polar surface area (TPSA) is 152 Å². The molecule has 0 unspecified atom stereocenters. The number of guanidine groups is 1. The van der Waals surface area contributed by atoms with Crippen molar-refractivity contribution in [2.45, 2.75) is 93.3 Å². The number of aryl methyl sites for hydroxylation is 2. The lowest BCUT2D eigenvalue weighted by atomic mass is 9.84. The van der Waals surface area contributed by atoms with Gasteiger partial charge in [-0.3, -0.25) is 9.79 Å². The number of fused-ring (bicyclic) bond motifs is 4. The van der Waals surface area contributed by atoms with Crippen molar-refractivity contribution in [3.8, 4) is 16.9 Å². The van der Waals surface area contributed by atoms with E-state index in [2.05, 4.69) is 199 Å². The molecule has 14 heteroatoms. The van der Waals surface area contributed by atoms with Gasteiger partial charge in [-0.05, 0) is 127 Å². The number of thioether (sulfide) groups is 2. The Balaban J connectivity index is 0.949. The number of rotatable bonds is 23. The molecule has 0 radical (unpaired) electrons. The highest BCUT2D eigenvalue weighted by molar-refractivity contribution is 8.01. The first-order chi connectivity index (χ1) is 43.9. The summed E-state index contributed by atoms with van der Waals surface area (Å²) in [5, 5.41) is 3.02. The normalized spacial score (nSPS) is 13.9. The minimum Gasteiger partial charge on any atom is -0.487 e. The monoisotopic (exact) mass is 1270 g/mol. The minimum absolute atomic E-state index is 0.0232. The van der Waals surface area contributed by atoms with Crippen molar-refractivity contribution < 1.29 is 27.5 Å². The van der Waals surface area contributed by atoms with Gasteiger partial charge in [0.15, 0.2) is 0 Å². The van der Waals surface area contributed by atoms with E-state index in [1.165, 1.54) is 0 Å². The molecular formula is C77H79N5O6S3. The summed E-state index contributed by atoms with van der Waals surface area (Å²) >= 11 is 3.52. The standard InChI is InChI=1S/C77H79N5O6S3/c1-52-36-40-61(41-37-52)76(57-24-12-8-13-25-57,58-26-14-9-15-27-58)89-48-46-82(47-49-90-77(59-28-16-10-17-29-59,60-30-18-11-19-31-60)62-42-38-53(2)39-43-62)72(83)69(80-74(84)87-51-68-65-34-22-20-32-63(65)64-33-21-23-35-66(64)68)44-45-79-73(78)81-91(85,86)71-55(4)54(3)70-67(56(71)5)50-75(6,7)88-70/h8-43,68-69H,44-51H2,1-7H3,(H,80,84)(H3,78,79,81)/t69-/m0/s1. The predicted molar refractivity (Wildman–Crippen MR) is 372 cm³/mol. The first-order valence-electron chi connectivity index (χ1n) is 31.1. The van der Waals surface area contributed by atoms with E-state index in [9.17, 15) is 13.2 Å². The summed E-state index contributed by atoms with van der Waals surface area (Å²) in [6.45, 7) is 14.0. The Kier molecular flexibility index (Phi) is 19.3. The van der Waals surface area contributed by atoms with E-state index in [1.807, 2.05) is 74.2 Å². The van der Waals surface area contributed by atoms with Crippen molar-refractivity contribution in [1.29, 1.82) is 0 Å². The average molecular weight is 1270 g/mol. The van der Waals surface area contributed by atoms with Gasteiger partial charge in [-0.1, -0.05) is 230 Å². The van der Waals surface area contributed by atoms with Crippen LogP contribution >= 0.6 is 23.5 Å². The van der Waals surface area contributed by atoms with Crippen LogP contribution in [0.4, 0.5) is 4.79 Å². The maximum absolute atomic E-state index is 16.1. The van der Waals surface area contributed by atoms with Gasteiger partial charge in [0.2, 0.25) is 11.9 Å². The van der Waals surface area contributed by atoms with Crippen LogP contribution in [0.2, 0.25) is 0 Å². The van der Waals surface area contributed by atoms with E-state index >= 15 is 4.79 Å². The third kappa shape index (κ3) is 13.5. The smallest absolute Gasteiger partial charge is 0.407 e. The van der Waals surface area contributed by atoms with Crippen LogP contribution in [0.15, 0.2) is 228 Å². The van der Waals surface area contributed by atoms with E-state index in [-0.39, 0.29) is 55.3 Å². The van der Waals surface area contributed by atoms with Crippen LogP contribution in [0.1, 0.15) is 104 Å². The van der Waals surface area contributed by atoms with Gasteiger partial charge in [0.25, 0.3) is 10.0 Å². The van der Waals surface area contributed by atoms with E-state index in [4.69, 9.17) is 15.2 Å². The Morgan fingerprint density at radius 3 is 1.47 bits per heavy atom. The SMILES string of the molecule is Cc1ccc(C(SCCN(CCSC(c2ccccc2)(c2ccccc2)c2ccc(C)cc2)C(=O)[C@H](CCN=C(N)NS(=O)(=O)c2c(C)c(C)c3c(c2C)CC(C)(C)O3)NC(=O)OCC2c3ccccc3-c3ccccc32)(c2ccccc2)c2ccccc2)cc1. The number of nitrogens with one attached hydrogen (secondary N) is 2. The van der Waals surface area contributed by atoms with Crippen molar-refractivity contribution in [3.63, 3.8) is 0 Å². The Morgan fingerprint density at radius 2 is 1.02 bits per heavy atom. The van der Waals surface area contributed by atoms with Gasteiger partial charge < -0.3 is 25.4 Å². The van der Waals surface area contributed by atoms with Crippen molar-refractivity contribution in [1.82, 2.24) is 14.9 Å². The summed E-state index contributed by atoms with van der Waals surface area (Å²) in [6.07, 6.45) is -0.277. The molecule has 1 heterocycles. The molecule has 0 saturated heterocycles. The third-order valence-corrected chi connectivity index (χ3v) is 22.4. The lowest BCUT2D eigenvalue weighted by Gasteiger charge is -2.37. The highest BCUT2D eigenvalue weighted by atomic mass is 32.2. The molecule has 2 aliphatic rings. The lowest BCUT2D eigenvalue weighted by molar-refractivity contribution is -0.133. The first kappa shape index (κ1) is 64.0. The van der Waals surface area contributed by atoms with Gasteiger partial charge >= 0.3 is 6.09 Å². The molecule has 1 atom stereocenters. The van der Waals surface area contributed by atoms with Crippen LogP contribution in [0.3, 0.4) is 0 Å². The van der Waals surface area contributed by atoms with E-state index in [1.54, 1.807) is 37.4 Å². The second-order valence-electron chi connectivity index (χ2n) is 24.3. The van der Waals surface area contributed by atoms with Gasteiger partial charge in [0, 0.05) is 49.0 Å². The number of nitrogens with zero attached hydrogens (tertiary/aromatic N) is 2. The summed E-state index contributed by atoms with van der Waals surface area (Å²) in [5.41, 5.74) is 21.9. The molecule has 466 valence electrons. The molecule has 0 fully saturated rings. The second kappa shape index (κ2) is 27.5. The number of alkyl carbamates (subject to hydrolysis) is 1. The number of hydrogen-bond acceptors (Lipinski definition) is 9. The summed E-state index contributed by atoms with van der Waals surface area (Å²) in [6, 6.07) is 74.5. The predicted octanol–water partition coefficient (Wildman–Crippen LogP) is 15.1. The summed E-state index contributed by atoms with van der Waals surface area (Å²) in [4.78, 5) is 37.3. The molecule has 0 spiro atoms. The van der Waals surface area contributed by atoms with Crippen molar-refractivity contribution in [2.75, 3.05) is 37.7 Å². The largest absolute Gasteiger partial charge is 0.487 e. The highest BCUT2D eigenvalue weighted by Gasteiger charge is 2.41. The number of nitrogens with two attached hydrogens (primary N) is 1. The fraction of sp³-hybridized carbons (Fsp3) is 0.260. The molecule has 1 aliphatic heterocycles. The van der Waals surface area contributed by atoms with Crippen LogP contribution in [0.25, 0.3) is 11.1 Å². The fourth-order valence-corrected chi connectivity index (χ4v) is 17.7. The van der Waals surface area contributed by atoms with Crippen molar-refractivity contribution in [3.05, 3.63) is 296 Å². The summed E-state index contributed by atoms with van der Waals surface area (Å²) in [7, 11) is -4.26. The zero-order chi connectivity index (χ0) is 63.9. The molecule has 0 bridgehead atoms. The number of sulfonamides is 1. The summed E-state index contributed by atoms with van der Waals surface area (Å²) in [5.74, 6) is 0.723. The number of benzene rings is 9. The van der Waals surface area contributed by atoms with Crippen LogP contribution in [0, 0.1) is 34.6 Å². The Labute approximate surface area is 545 Å². The molecule has 9 aromatic carbocycles. The zero-order valence-corrected chi connectivity index (χ0v) is 55.2. The van der Waals surface area contributed by atoms with E-state index < -0.39 is 37.3 Å². The number of carbonyl (C=O) groups is 2. The van der Waals surface area contributed by atoms with Crippen LogP contribution in [-0.4, -0.2) is 80.7 Å². The Hall–Kier alpha value is -8.56. The zero-order valence-electron chi connectivity index (χ0n) is 52.7. The number of hydrogen-bond donors (Lipinski definition) is 3. The molecule has 11 nitrogen and oxygen atoms in total. The molecular weight excluding hydrogens is 1190 g/mol. The Bertz CT molecular complexity index is 3930. The van der Waals surface area contributed by atoms with Crippen molar-refractivity contribution >= 4 is 51.5 Å². The van der Waals surface area contributed by atoms with E-state index in [0.29, 0.717) is 34.8 Å². The lowest BCUT2D eigenvalue weighted by Crippen LogP contribution is -2.50. The fourth-order valence-electron chi connectivity index (χ4n) is 13.2. The number of aliphatic imine (C=N–C) groups is 1.